The van der Waals surface area contributed by atoms with Crippen LogP contribution >= 0.6 is 0 Å². The molecule has 2 N–H and O–H groups in total. The van der Waals surface area contributed by atoms with Crippen LogP contribution in [0.3, 0.4) is 0 Å². The van der Waals surface area contributed by atoms with Crippen LogP contribution in [-0.4, -0.2) is 48.2 Å². The Hall–Kier alpha value is -2.57. The van der Waals surface area contributed by atoms with E-state index >= 15 is 0 Å². The molecule has 100 valence electrons. The van der Waals surface area contributed by atoms with E-state index in [-0.39, 0.29) is 24.6 Å². The van der Waals surface area contributed by atoms with Gasteiger partial charge in [0.1, 0.15) is 6.54 Å². The normalized spacial score (nSPS) is 14.3. The van der Waals surface area contributed by atoms with Crippen molar-refractivity contribution in [2.75, 3.05) is 29.9 Å². The van der Waals surface area contributed by atoms with Crippen LogP contribution in [-0.2, 0) is 9.59 Å². The van der Waals surface area contributed by atoms with Crippen molar-refractivity contribution in [3.8, 4) is 0 Å². The molecule has 0 radical (unpaired) electrons. The van der Waals surface area contributed by atoms with Gasteiger partial charge in [0.15, 0.2) is 0 Å². The largest absolute Gasteiger partial charge is 0.480 e. The number of fused-ring (bicyclic) bond motifs is 1. The van der Waals surface area contributed by atoms with Crippen molar-refractivity contribution in [1.82, 2.24) is 0 Å². The maximum atomic E-state index is 11.8. The average Bonchev–Trinajstić information content (AvgIpc) is 2.34. The third kappa shape index (κ3) is 2.35. The number of amides is 1. The van der Waals surface area contributed by atoms with Gasteiger partial charge in [0.2, 0.25) is 5.91 Å². The van der Waals surface area contributed by atoms with Gasteiger partial charge in [0, 0.05) is 7.05 Å². The number of hydrogen-bond donors (Lipinski definition) is 2. The summed E-state index contributed by atoms with van der Waals surface area (Å²) in [6.45, 7) is -0.346. The molecule has 0 fully saturated rings. The maximum Gasteiger partial charge on any atom is 0.335 e. The van der Waals surface area contributed by atoms with Gasteiger partial charge in [-0.3, -0.25) is 9.59 Å². The van der Waals surface area contributed by atoms with Gasteiger partial charge in [-0.05, 0) is 18.2 Å². The molecule has 0 aliphatic carbocycles. The summed E-state index contributed by atoms with van der Waals surface area (Å²) in [4.78, 5) is 36.2. The highest BCUT2D eigenvalue weighted by Crippen LogP contribution is 2.33. The fourth-order valence-corrected chi connectivity index (χ4v) is 1.99. The smallest absolute Gasteiger partial charge is 0.335 e. The summed E-state index contributed by atoms with van der Waals surface area (Å²) in [5.74, 6) is -2.43. The number of carbonyl (C=O) groups excluding carboxylic acids is 1. The molecule has 7 heteroatoms. The van der Waals surface area contributed by atoms with Crippen molar-refractivity contribution < 1.29 is 24.6 Å². The highest BCUT2D eigenvalue weighted by Gasteiger charge is 2.28. The molecule has 0 atom stereocenters. The van der Waals surface area contributed by atoms with E-state index in [4.69, 9.17) is 10.2 Å². The minimum absolute atomic E-state index is 0.0395. The third-order valence-electron chi connectivity index (χ3n) is 2.95. The number of carboxylic acids is 2. The quantitative estimate of drug-likeness (QED) is 0.812. The molecule has 1 amide bonds. The highest BCUT2D eigenvalue weighted by molar-refractivity contribution is 6.05. The molecular formula is C12H12N2O5. The van der Waals surface area contributed by atoms with Crippen LogP contribution in [0.2, 0.25) is 0 Å². The van der Waals surface area contributed by atoms with Crippen LogP contribution in [0.25, 0.3) is 0 Å². The molecular weight excluding hydrogens is 252 g/mol. The fraction of sp³-hybridized carbons (Fsp3) is 0.250. The second kappa shape index (κ2) is 4.60. The number of anilines is 2. The molecule has 0 bridgehead atoms. The highest BCUT2D eigenvalue weighted by atomic mass is 16.4. The van der Waals surface area contributed by atoms with Gasteiger partial charge in [-0.15, -0.1) is 0 Å². The second-order valence-corrected chi connectivity index (χ2v) is 4.21. The predicted octanol–water partition coefficient (Wildman–Crippen LogP) is 0.252. The van der Waals surface area contributed by atoms with E-state index < -0.39 is 11.9 Å². The molecule has 1 aliphatic heterocycles. The molecule has 0 saturated heterocycles. The molecule has 1 aromatic carbocycles. The van der Waals surface area contributed by atoms with Crippen molar-refractivity contribution in [3.05, 3.63) is 23.8 Å². The lowest BCUT2D eigenvalue weighted by atomic mass is 10.1. The molecule has 1 aliphatic rings. The Balaban J connectivity index is 2.49. The second-order valence-electron chi connectivity index (χ2n) is 4.21. The molecule has 0 unspecified atom stereocenters. The summed E-state index contributed by atoms with van der Waals surface area (Å²) >= 11 is 0. The van der Waals surface area contributed by atoms with E-state index in [0.29, 0.717) is 11.4 Å². The average molecular weight is 264 g/mol. The predicted molar refractivity (Wildman–Crippen MR) is 66.7 cm³/mol. The van der Waals surface area contributed by atoms with Crippen LogP contribution in [0.15, 0.2) is 18.2 Å². The zero-order chi connectivity index (χ0) is 14.2. The van der Waals surface area contributed by atoms with Crippen LogP contribution < -0.4 is 9.80 Å². The number of carbonyl (C=O) groups is 3. The molecule has 1 heterocycles. The van der Waals surface area contributed by atoms with Crippen molar-refractivity contribution in [2.45, 2.75) is 0 Å². The summed E-state index contributed by atoms with van der Waals surface area (Å²) in [6.07, 6.45) is 0. The monoisotopic (exact) mass is 264 g/mol. The van der Waals surface area contributed by atoms with Crippen molar-refractivity contribution in [1.29, 1.82) is 0 Å². The number of carboxylic acid groups (broad SMARTS) is 2. The number of aliphatic carboxylic acids is 1. The van der Waals surface area contributed by atoms with Crippen molar-refractivity contribution in [2.24, 2.45) is 0 Å². The van der Waals surface area contributed by atoms with Crippen LogP contribution in [0.4, 0.5) is 11.4 Å². The van der Waals surface area contributed by atoms with Crippen LogP contribution in [0.5, 0.6) is 0 Å². The standard InChI is InChI=1S/C12H12N2O5/c1-13-9-4-7(12(18)19)2-3-8(9)14(5-10(13)15)6-11(16)17/h2-4H,5-6H2,1H3,(H,16,17)(H,18,19). The van der Waals surface area contributed by atoms with E-state index in [9.17, 15) is 14.4 Å². The molecule has 0 spiro atoms. The number of rotatable bonds is 3. The zero-order valence-electron chi connectivity index (χ0n) is 10.2. The van der Waals surface area contributed by atoms with Gasteiger partial charge in [0.25, 0.3) is 0 Å². The first-order valence-corrected chi connectivity index (χ1v) is 5.51. The summed E-state index contributed by atoms with van der Waals surface area (Å²) in [7, 11) is 1.53. The SMILES string of the molecule is CN1C(=O)CN(CC(=O)O)c2ccc(C(=O)O)cc21. The van der Waals surface area contributed by atoms with E-state index in [1.54, 1.807) is 0 Å². The number of benzene rings is 1. The lowest BCUT2D eigenvalue weighted by molar-refractivity contribution is -0.135. The first-order valence-electron chi connectivity index (χ1n) is 5.51. The summed E-state index contributed by atoms with van der Waals surface area (Å²) in [5.41, 5.74) is 0.988. The molecule has 0 saturated carbocycles. The van der Waals surface area contributed by atoms with Gasteiger partial charge < -0.3 is 20.0 Å². The molecule has 1 aromatic rings. The first-order chi connectivity index (χ1) is 8.90. The Labute approximate surface area is 108 Å². The van der Waals surface area contributed by atoms with Crippen molar-refractivity contribution >= 4 is 29.2 Å². The van der Waals surface area contributed by atoms with Crippen LogP contribution in [0.1, 0.15) is 10.4 Å². The van der Waals surface area contributed by atoms with Gasteiger partial charge in [0.05, 0.1) is 23.5 Å². The Kier molecular flexibility index (Phi) is 3.12. The van der Waals surface area contributed by atoms with Gasteiger partial charge in [-0.2, -0.15) is 0 Å². The summed E-state index contributed by atoms with van der Waals surface area (Å²) in [6, 6.07) is 4.27. The molecule has 7 nitrogen and oxygen atoms in total. The molecule has 0 aromatic heterocycles. The Bertz CT molecular complexity index is 569. The van der Waals surface area contributed by atoms with E-state index in [0.717, 1.165) is 0 Å². The van der Waals surface area contributed by atoms with Gasteiger partial charge >= 0.3 is 11.9 Å². The lowest BCUT2D eigenvalue weighted by Gasteiger charge is -2.34. The minimum Gasteiger partial charge on any atom is -0.480 e. The fourth-order valence-electron chi connectivity index (χ4n) is 1.99. The van der Waals surface area contributed by atoms with Gasteiger partial charge in [-0.25, -0.2) is 4.79 Å². The van der Waals surface area contributed by atoms with E-state index in [1.807, 2.05) is 0 Å². The summed E-state index contributed by atoms with van der Waals surface area (Å²) in [5, 5.41) is 17.8. The Morgan fingerprint density at radius 2 is 1.95 bits per heavy atom. The third-order valence-corrected chi connectivity index (χ3v) is 2.95. The number of aromatic carboxylic acids is 1. The van der Waals surface area contributed by atoms with E-state index in [1.165, 1.54) is 35.0 Å². The molecule has 19 heavy (non-hydrogen) atoms. The topological polar surface area (TPSA) is 98.2 Å². The van der Waals surface area contributed by atoms with Crippen LogP contribution in [0, 0.1) is 0 Å². The number of likely N-dealkylation sites (N-methyl/N-ethyl adjacent to an activating group) is 1. The lowest BCUT2D eigenvalue weighted by Crippen LogP contribution is -2.45. The maximum absolute atomic E-state index is 11.8. The first kappa shape index (κ1) is 12.9. The van der Waals surface area contributed by atoms with Crippen molar-refractivity contribution in [3.63, 3.8) is 0 Å². The Morgan fingerprint density at radius 3 is 2.53 bits per heavy atom. The zero-order valence-corrected chi connectivity index (χ0v) is 10.2. The van der Waals surface area contributed by atoms with E-state index in [2.05, 4.69) is 0 Å². The number of hydrogen-bond acceptors (Lipinski definition) is 4. The Morgan fingerprint density at radius 1 is 1.26 bits per heavy atom. The van der Waals surface area contributed by atoms with Gasteiger partial charge in [-0.1, -0.05) is 0 Å². The minimum atomic E-state index is -1.10. The number of nitrogens with zero attached hydrogens (tertiary/aromatic N) is 2. The summed E-state index contributed by atoms with van der Waals surface area (Å²) < 4.78 is 0. The molecule has 2 rings (SSSR count).